The highest BCUT2D eigenvalue weighted by Gasteiger charge is 2.38. The minimum Gasteiger partial charge on any atom is -0.467 e. The van der Waals surface area contributed by atoms with Crippen LogP contribution in [0.1, 0.15) is 40.0 Å². The fourth-order valence-electron chi connectivity index (χ4n) is 2.23. The second kappa shape index (κ2) is 5.32. The van der Waals surface area contributed by atoms with Crippen LogP contribution in [0.2, 0.25) is 0 Å². The van der Waals surface area contributed by atoms with Gasteiger partial charge in [0.1, 0.15) is 6.04 Å². The smallest absolute Gasteiger partial charge is 0.328 e. The summed E-state index contributed by atoms with van der Waals surface area (Å²) in [6.07, 6.45) is 2.06. The van der Waals surface area contributed by atoms with Crippen molar-refractivity contribution >= 4 is 11.9 Å². The number of carbonyl (C=O) groups excluding carboxylic acids is 2. The zero-order valence-electron chi connectivity index (χ0n) is 10.5. The van der Waals surface area contributed by atoms with Crippen molar-refractivity contribution in [3.8, 4) is 0 Å². The molecule has 0 saturated carbocycles. The molecule has 0 N–H and O–H groups in total. The molecule has 1 unspecified atom stereocenters. The van der Waals surface area contributed by atoms with Gasteiger partial charge in [-0.2, -0.15) is 0 Å². The van der Waals surface area contributed by atoms with Crippen molar-refractivity contribution < 1.29 is 14.3 Å². The fraction of sp³-hybridized carbons (Fsp3) is 0.833. The molecular weight excluding hydrogens is 206 g/mol. The molecule has 1 aliphatic heterocycles. The fourth-order valence-corrected chi connectivity index (χ4v) is 2.23. The minimum absolute atomic E-state index is 0.0727. The van der Waals surface area contributed by atoms with Crippen LogP contribution in [0.4, 0.5) is 0 Å². The Hall–Kier alpha value is -1.06. The van der Waals surface area contributed by atoms with Crippen LogP contribution >= 0.6 is 0 Å². The van der Waals surface area contributed by atoms with Crippen molar-refractivity contribution in [3.63, 3.8) is 0 Å². The predicted octanol–water partition coefficient (Wildman–Crippen LogP) is 1.58. The highest BCUT2D eigenvalue weighted by molar-refractivity contribution is 5.86. The van der Waals surface area contributed by atoms with Gasteiger partial charge in [-0.3, -0.25) is 4.79 Å². The first kappa shape index (κ1) is 13.0. The van der Waals surface area contributed by atoms with E-state index in [2.05, 4.69) is 0 Å². The second-order valence-corrected chi connectivity index (χ2v) is 4.86. The lowest BCUT2D eigenvalue weighted by Crippen LogP contribution is -2.46. The molecule has 2 atom stereocenters. The van der Waals surface area contributed by atoms with Crippen molar-refractivity contribution in [1.29, 1.82) is 0 Å². The third-order valence-corrected chi connectivity index (χ3v) is 3.04. The standard InChI is InChI=1S/C12H21NO3/c1-8(2)7-10(12(15)16-4)13-9(3)5-6-11(13)14/h8-10H,5-7H2,1-4H3/t9?,10-/m0/s1. The normalized spacial score (nSPS) is 22.7. The SMILES string of the molecule is COC(=O)[C@H](CC(C)C)N1C(=O)CCC1C. The van der Waals surface area contributed by atoms with Crippen LogP contribution in [0.5, 0.6) is 0 Å². The Labute approximate surface area is 96.9 Å². The lowest BCUT2D eigenvalue weighted by atomic mass is 10.0. The van der Waals surface area contributed by atoms with E-state index >= 15 is 0 Å². The molecule has 0 aliphatic carbocycles. The van der Waals surface area contributed by atoms with Crippen LogP contribution in [-0.2, 0) is 14.3 Å². The lowest BCUT2D eigenvalue weighted by Gasteiger charge is -2.30. The van der Waals surface area contributed by atoms with E-state index in [0.717, 1.165) is 6.42 Å². The quantitative estimate of drug-likeness (QED) is 0.685. The van der Waals surface area contributed by atoms with Gasteiger partial charge in [-0.25, -0.2) is 4.79 Å². The van der Waals surface area contributed by atoms with Crippen molar-refractivity contribution in [3.05, 3.63) is 0 Å². The van der Waals surface area contributed by atoms with E-state index in [0.29, 0.717) is 18.8 Å². The zero-order valence-corrected chi connectivity index (χ0v) is 10.5. The highest BCUT2D eigenvalue weighted by atomic mass is 16.5. The van der Waals surface area contributed by atoms with E-state index < -0.39 is 6.04 Å². The van der Waals surface area contributed by atoms with Gasteiger partial charge in [0.2, 0.25) is 5.91 Å². The number of esters is 1. The number of methoxy groups -OCH3 is 1. The van der Waals surface area contributed by atoms with Gasteiger partial charge in [0, 0.05) is 12.5 Å². The molecule has 1 rings (SSSR count). The first-order valence-corrected chi connectivity index (χ1v) is 5.86. The van der Waals surface area contributed by atoms with E-state index in [1.807, 2.05) is 20.8 Å². The summed E-state index contributed by atoms with van der Waals surface area (Å²) in [4.78, 5) is 25.2. The first-order chi connectivity index (χ1) is 7.47. The van der Waals surface area contributed by atoms with Crippen LogP contribution in [0, 0.1) is 5.92 Å². The molecule has 16 heavy (non-hydrogen) atoms. The summed E-state index contributed by atoms with van der Waals surface area (Å²) in [5.74, 6) is 0.143. The molecule has 1 aliphatic rings. The Morgan fingerprint density at radius 3 is 2.56 bits per heavy atom. The van der Waals surface area contributed by atoms with Crippen LogP contribution in [-0.4, -0.2) is 36.0 Å². The molecule has 0 bridgehead atoms. The molecule has 0 spiro atoms. The van der Waals surface area contributed by atoms with Gasteiger partial charge >= 0.3 is 5.97 Å². The molecule has 4 nitrogen and oxygen atoms in total. The predicted molar refractivity (Wildman–Crippen MR) is 60.8 cm³/mol. The summed E-state index contributed by atoms with van der Waals surface area (Å²) in [6, 6.07) is -0.259. The number of rotatable bonds is 4. The maximum Gasteiger partial charge on any atom is 0.328 e. The number of likely N-dealkylation sites (tertiary alicyclic amines) is 1. The molecule has 1 amide bonds. The van der Waals surface area contributed by atoms with E-state index in [1.54, 1.807) is 4.90 Å². The molecule has 0 aromatic rings. The second-order valence-electron chi connectivity index (χ2n) is 4.86. The summed E-state index contributed by atoms with van der Waals surface area (Å²) in [5.41, 5.74) is 0. The minimum atomic E-state index is -0.407. The molecule has 1 heterocycles. The van der Waals surface area contributed by atoms with E-state index in [9.17, 15) is 9.59 Å². The summed E-state index contributed by atoms with van der Waals surface area (Å²) in [7, 11) is 1.38. The number of amides is 1. The van der Waals surface area contributed by atoms with Gasteiger partial charge < -0.3 is 9.64 Å². The van der Waals surface area contributed by atoms with Gasteiger partial charge in [0.05, 0.1) is 7.11 Å². The monoisotopic (exact) mass is 227 g/mol. The Balaban J connectivity index is 2.82. The average molecular weight is 227 g/mol. The van der Waals surface area contributed by atoms with Crippen LogP contribution in [0.3, 0.4) is 0 Å². The summed E-state index contributed by atoms with van der Waals surface area (Å²) >= 11 is 0. The van der Waals surface area contributed by atoms with Crippen molar-refractivity contribution in [2.75, 3.05) is 7.11 Å². The van der Waals surface area contributed by atoms with E-state index in [1.165, 1.54) is 7.11 Å². The molecular formula is C12H21NO3. The third kappa shape index (κ3) is 2.74. The maximum absolute atomic E-state index is 11.7. The number of carbonyl (C=O) groups is 2. The Bertz CT molecular complexity index is 275. The Morgan fingerprint density at radius 1 is 1.56 bits per heavy atom. The molecule has 0 aromatic heterocycles. The first-order valence-electron chi connectivity index (χ1n) is 5.86. The Morgan fingerprint density at radius 2 is 2.19 bits per heavy atom. The van der Waals surface area contributed by atoms with Crippen molar-refractivity contribution in [2.45, 2.75) is 52.1 Å². The van der Waals surface area contributed by atoms with Gasteiger partial charge in [-0.1, -0.05) is 13.8 Å². The zero-order chi connectivity index (χ0) is 12.3. The van der Waals surface area contributed by atoms with Gasteiger partial charge in [0.25, 0.3) is 0 Å². The average Bonchev–Trinajstić information content (AvgIpc) is 2.54. The number of ether oxygens (including phenoxy) is 1. The summed E-state index contributed by atoms with van der Waals surface area (Å²) in [6.45, 7) is 6.07. The maximum atomic E-state index is 11.7. The van der Waals surface area contributed by atoms with Crippen molar-refractivity contribution in [1.82, 2.24) is 4.90 Å². The highest BCUT2D eigenvalue weighted by Crippen LogP contribution is 2.25. The van der Waals surface area contributed by atoms with Gasteiger partial charge in [0.15, 0.2) is 0 Å². The topological polar surface area (TPSA) is 46.6 Å². The molecule has 1 saturated heterocycles. The van der Waals surface area contributed by atoms with Crippen LogP contribution in [0.25, 0.3) is 0 Å². The number of nitrogens with zero attached hydrogens (tertiary/aromatic N) is 1. The number of hydrogen-bond donors (Lipinski definition) is 0. The largest absolute Gasteiger partial charge is 0.467 e. The van der Waals surface area contributed by atoms with Crippen LogP contribution in [0.15, 0.2) is 0 Å². The van der Waals surface area contributed by atoms with E-state index in [4.69, 9.17) is 4.74 Å². The molecule has 0 aromatic carbocycles. The van der Waals surface area contributed by atoms with E-state index in [-0.39, 0.29) is 17.9 Å². The van der Waals surface area contributed by atoms with Gasteiger partial charge in [-0.05, 0) is 25.7 Å². The molecule has 4 heteroatoms. The van der Waals surface area contributed by atoms with Crippen molar-refractivity contribution in [2.24, 2.45) is 5.92 Å². The summed E-state index contributed by atoms with van der Waals surface area (Å²) in [5, 5.41) is 0. The molecule has 1 fully saturated rings. The van der Waals surface area contributed by atoms with Crippen LogP contribution < -0.4 is 0 Å². The third-order valence-electron chi connectivity index (χ3n) is 3.04. The molecule has 0 radical (unpaired) electrons. The van der Waals surface area contributed by atoms with Gasteiger partial charge in [-0.15, -0.1) is 0 Å². The lowest BCUT2D eigenvalue weighted by molar-refractivity contribution is -0.153. The molecule has 92 valence electrons. The summed E-state index contributed by atoms with van der Waals surface area (Å²) < 4.78 is 4.79. The Kier molecular flexibility index (Phi) is 4.33. The number of hydrogen-bond acceptors (Lipinski definition) is 3.